The van der Waals surface area contributed by atoms with Gasteiger partial charge in [-0.05, 0) is 17.6 Å². The highest BCUT2D eigenvalue weighted by Gasteiger charge is 2.12. The number of benzene rings is 1. The normalized spacial score (nSPS) is 11.4. The van der Waals surface area contributed by atoms with E-state index in [9.17, 15) is 4.79 Å². The molecule has 0 bridgehead atoms. The first-order chi connectivity index (χ1) is 8.13. The van der Waals surface area contributed by atoms with Crippen LogP contribution in [0.3, 0.4) is 0 Å². The lowest BCUT2D eigenvalue weighted by molar-refractivity contribution is -0.143. The number of esters is 1. The molecule has 92 valence electrons. The van der Waals surface area contributed by atoms with Crippen molar-refractivity contribution in [2.24, 2.45) is 5.92 Å². The molecule has 0 aliphatic heterocycles. The van der Waals surface area contributed by atoms with Crippen LogP contribution in [0.25, 0.3) is 6.08 Å². The van der Waals surface area contributed by atoms with Crippen molar-refractivity contribution in [3.8, 4) is 0 Å². The van der Waals surface area contributed by atoms with Crippen molar-refractivity contribution < 1.29 is 14.3 Å². The molecule has 1 aromatic carbocycles. The Morgan fingerprint density at radius 3 is 2.47 bits per heavy atom. The molecule has 0 radical (unpaired) electrons. The van der Waals surface area contributed by atoms with Crippen molar-refractivity contribution in [3.63, 3.8) is 0 Å². The second-order valence-corrected chi connectivity index (χ2v) is 4.12. The van der Waals surface area contributed by atoms with Crippen LogP contribution in [0.2, 0.25) is 0 Å². The highest BCUT2D eigenvalue weighted by Crippen LogP contribution is 2.09. The van der Waals surface area contributed by atoms with Crippen LogP contribution in [0.4, 0.5) is 0 Å². The quantitative estimate of drug-likeness (QED) is 0.446. The zero-order valence-electron chi connectivity index (χ0n) is 10.5. The molecule has 17 heavy (non-hydrogen) atoms. The number of hydrogen-bond donors (Lipinski definition) is 0. The highest BCUT2D eigenvalue weighted by atomic mass is 16.6. The van der Waals surface area contributed by atoms with Crippen molar-refractivity contribution >= 4 is 12.0 Å². The van der Waals surface area contributed by atoms with Crippen LogP contribution in [-0.4, -0.2) is 19.7 Å². The SMILES string of the molecule is COC(=Cc1ccccc1)C(=O)OCC(C)C. The fourth-order valence-corrected chi connectivity index (χ4v) is 1.22. The monoisotopic (exact) mass is 234 g/mol. The summed E-state index contributed by atoms with van der Waals surface area (Å²) in [5, 5.41) is 0. The average Bonchev–Trinajstić information content (AvgIpc) is 2.34. The molecule has 0 amide bonds. The lowest BCUT2D eigenvalue weighted by Crippen LogP contribution is -2.13. The molecule has 0 saturated heterocycles. The second kappa shape index (κ2) is 6.74. The maximum absolute atomic E-state index is 11.7. The van der Waals surface area contributed by atoms with Gasteiger partial charge in [-0.15, -0.1) is 0 Å². The summed E-state index contributed by atoms with van der Waals surface area (Å²) in [5.74, 6) is 0.107. The van der Waals surface area contributed by atoms with Gasteiger partial charge in [0.15, 0.2) is 0 Å². The zero-order valence-corrected chi connectivity index (χ0v) is 10.5. The molecule has 0 heterocycles. The molecule has 1 aromatic rings. The number of ether oxygens (including phenoxy) is 2. The van der Waals surface area contributed by atoms with Gasteiger partial charge < -0.3 is 9.47 Å². The predicted octanol–water partition coefficient (Wildman–Crippen LogP) is 2.87. The number of rotatable bonds is 5. The molecule has 1 rings (SSSR count). The summed E-state index contributed by atoms with van der Waals surface area (Å²) in [6, 6.07) is 9.52. The van der Waals surface area contributed by atoms with Gasteiger partial charge in [0.1, 0.15) is 0 Å². The van der Waals surface area contributed by atoms with Gasteiger partial charge in [0, 0.05) is 0 Å². The molecule has 0 N–H and O–H groups in total. The molecular weight excluding hydrogens is 216 g/mol. The first-order valence-electron chi connectivity index (χ1n) is 5.61. The van der Waals surface area contributed by atoms with Gasteiger partial charge in [0.2, 0.25) is 5.76 Å². The lowest BCUT2D eigenvalue weighted by Gasteiger charge is -2.09. The van der Waals surface area contributed by atoms with E-state index in [0.29, 0.717) is 12.5 Å². The van der Waals surface area contributed by atoms with E-state index < -0.39 is 5.97 Å². The standard InChI is InChI=1S/C14H18O3/c1-11(2)10-17-14(15)13(16-3)9-12-7-5-4-6-8-12/h4-9,11H,10H2,1-3H3. The molecule has 0 unspecified atom stereocenters. The average molecular weight is 234 g/mol. The van der Waals surface area contributed by atoms with Crippen LogP contribution in [-0.2, 0) is 14.3 Å². The van der Waals surface area contributed by atoms with E-state index in [4.69, 9.17) is 9.47 Å². The van der Waals surface area contributed by atoms with Gasteiger partial charge in [-0.1, -0.05) is 44.2 Å². The predicted molar refractivity (Wildman–Crippen MR) is 67.2 cm³/mol. The van der Waals surface area contributed by atoms with Gasteiger partial charge >= 0.3 is 5.97 Å². The van der Waals surface area contributed by atoms with Crippen LogP contribution in [0.5, 0.6) is 0 Å². The third-order valence-electron chi connectivity index (χ3n) is 2.07. The van der Waals surface area contributed by atoms with E-state index in [1.807, 2.05) is 44.2 Å². The van der Waals surface area contributed by atoms with Crippen molar-refractivity contribution in [2.45, 2.75) is 13.8 Å². The number of methoxy groups -OCH3 is 1. The van der Waals surface area contributed by atoms with Gasteiger partial charge in [0.05, 0.1) is 13.7 Å². The lowest BCUT2D eigenvalue weighted by atomic mass is 10.2. The minimum absolute atomic E-state index is 0.219. The Morgan fingerprint density at radius 1 is 1.29 bits per heavy atom. The summed E-state index contributed by atoms with van der Waals surface area (Å²) in [4.78, 5) is 11.7. The van der Waals surface area contributed by atoms with Crippen LogP contribution in [0, 0.1) is 5.92 Å². The van der Waals surface area contributed by atoms with Crippen LogP contribution >= 0.6 is 0 Å². The Balaban J connectivity index is 2.71. The maximum Gasteiger partial charge on any atom is 0.373 e. The molecular formula is C14H18O3. The molecule has 0 spiro atoms. The van der Waals surface area contributed by atoms with Crippen LogP contribution < -0.4 is 0 Å². The summed E-state index contributed by atoms with van der Waals surface area (Å²) in [7, 11) is 1.46. The van der Waals surface area contributed by atoms with E-state index in [0.717, 1.165) is 5.56 Å². The smallest absolute Gasteiger partial charge is 0.373 e. The minimum Gasteiger partial charge on any atom is -0.490 e. The molecule has 0 aliphatic rings. The van der Waals surface area contributed by atoms with Gasteiger partial charge in [-0.25, -0.2) is 4.79 Å². The van der Waals surface area contributed by atoms with Gasteiger partial charge in [-0.3, -0.25) is 0 Å². The van der Waals surface area contributed by atoms with Gasteiger partial charge in [0.25, 0.3) is 0 Å². The molecule has 3 heteroatoms. The van der Waals surface area contributed by atoms with E-state index in [-0.39, 0.29) is 5.76 Å². The third-order valence-corrected chi connectivity index (χ3v) is 2.07. The number of hydrogen-bond acceptors (Lipinski definition) is 3. The zero-order chi connectivity index (χ0) is 12.7. The summed E-state index contributed by atoms with van der Waals surface area (Å²) in [5.41, 5.74) is 0.908. The summed E-state index contributed by atoms with van der Waals surface area (Å²) < 4.78 is 10.1. The first-order valence-corrected chi connectivity index (χ1v) is 5.61. The molecule has 0 fully saturated rings. The maximum atomic E-state index is 11.7. The molecule has 0 saturated carbocycles. The Bertz CT molecular complexity index is 380. The van der Waals surface area contributed by atoms with Crippen molar-refractivity contribution in [1.82, 2.24) is 0 Å². The van der Waals surface area contributed by atoms with Crippen LogP contribution in [0.1, 0.15) is 19.4 Å². The Kier molecular flexibility index (Phi) is 5.27. The Hall–Kier alpha value is -1.77. The highest BCUT2D eigenvalue weighted by molar-refractivity contribution is 5.91. The van der Waals surface area contributed by atoms with Crippen molar-refractivity contribution in [3.05, 3.63) is 41.7 Å². The van der Waals surface area contributed by atoms with E-state index in [1.165, 1.54) is 7.11 Å². The summed E-state index contributed by atoms with van der Waals surface area (Å²) in [6.07, 6.45) is 1.67. The fourth-order valence-electron chi connectivity index (χ4n) is 1.22. The molecule has 3 nitrogen and oxygen atoms in total. The van der Waals surface area contributed by atoms with E-state index in [1.54, 1.807) is 6.08 Å². The summed E-state index contributed by atoms with van der Waals surface area (Å²) >= 11 is 0. The first kappa shape index (κ1) is 13.3. The Labute approximate surface area is 102 Å². The van der Waals surface area contributed by atoms with Crippen molar-refractivity contribution in [1.29, 1.82) is 0 Å². The van der Waals surface area contributed by atoms with E-state index >= 15 is 0 Å². The summed E-state index contributed by atoms with van der Waals surface area (Å²) in [6.45, 7) is 4.37. The van der Waals surface area contributed by atoms with Gasteiger partial charge in [-0.2, -0.15) is 0 Å². The molecule has 0 atom stereocenters. The largest absolute Gasteiger partial charge is 0.490 e. The number of carbonyl (C=O) groups is 1. The second-order valence-electron chi connectivity index (χ2n) is 4.12. The topological polar surface area (TPSA) is 35.5 Å². The van der Waals surface area contributed by atoms with E-state index in [2.05, 4.69) is 0 Å². The minimum atomic E-state index is -0.426. The molecule has 0 aliphatic carbocycles. The van der Waals surface area contributed by atoms with Crippen LogP contribution in [0.15, 0.2) is 36.1 Å². The Morgan fingerprint density at radius 2 is 1.94 bits per heavy atom. The molecule has 0 aromatic heterocycles. The number of carbonyl (C=O) groups excluding carboxylic acids is 1. The van der Waals surface area contributed by atoms with Crippen molar-refractivity contribution in [2.75, 3.05) is 13.7 Å². The third kappa shape index (κ3) is 4.72. The fraction of sp³-hybridized carbons (Fsp3) is 0.357.